The highest BCUT2D eigenvalue weighted by molar-refractivity contribution is 5.16. The molecule has 2 heterocycles. The van der Waals surface area contributed by atoms with Gasteiger partial charge in [0.15, 0.2) is 0 Å². The smallest absolute Gasteiger partial charge is 0.400 e. The second-order valence-electron chi connectivity index (χ2n) is 4.62. The molecule has 6 nitrogen and oxygen atoms in total. The van der Waals surface area contributed by atoms with E-state index in [2.05, 4.69) is 34.3 Å². The van der Waals surface area contributed by atoms with E-state index >= 15 is 0 Å². The van der Waals surface area contributed by atoms with Crippen LogP contribution in [-0.2, 0) is 6.54 Å². The Morgan fingerprint density at radius 3 is 3.00 bits per heavy atom. The highest BCUT2D eigenvalue weighted by atomic mass is 16.6. The van der Waals surface area contributed by atoms with Crippen LogP contribution in [0.15, 0.2) is 16.7 Å². The summed E-state index contributed by atoms with van der Waals surface area (Å²) in [7, 11) is 0. The van der Waals surface area contributed by atoms with Gasteiger partial charge in [0, 0.05) is 18.3 Å². The van der Waals surface area contributed by atoms with E-state index in [0.29, 0.717) is 18.3 Å². The standard InChI is InChI=1S/C12H18N4O2/c1-8(2)5-13-6-10-7-17-12(14-10)18-11-4-9(3)15-16-11/h4,7-8,13H,5-6H2,1-3H3,(H,15,16). The lowest BCUT2D eigenvalue weighted by molar-refractivity contribution is 0.321. The summed E-state index contributed by atoms with van der Waals surface area (Å²) in [6.45, 7) is 7.83. The van der Waals surface area contributed by atoms with Gasteiger partial charge in [0.25, 0.3) is 0 Å². The van der Waals surface area contributed by atoms with Gasteiger partial charge in [-0.25, -0.2) is 0 Å². The van der Waals surface area contributed by atoms with E-state index in [1.54, 1.807) is 12.3 Å². The number of aromatic amines is 1. The summed E-state index contributed by atoms with van der Waals surface area (Å²) in [5.41, 5.74) is 1.74. The zero-order valence-electron chi connectivity index (χ0n) is 10.9. The van der Waals surface area contributed by atoms with Crippen molar-refractivity contribution in [2.45, 2.75) is 27.3 Å². The molecule has 98 valence electrons. The maximum Gasteiger partial charge on any atom is 0.400 e. The first kappa shape index (κ1) is 12.6. The van der Waals surface area contributed by atoms with Crippen molar-refractivity contribution >= 4 is 0 Å². The summed E-state index contributed by atoms with van der Waals surface area (Å²) >= 11 is 0. The van der Waals surface area contributed by atoms with Crippen LogP contribution in [0.4, 0.5) is 0 Å². The second kappa shape index (κ2) is 5.68. The number of rotatable bonds is 6. The first-order valence-corrected chi connectivity index (χ1v) is 5.98. The van der Waals surface area contributed by atoms with Crippen molar-refractivity contribution in [2.75, 3.05) is 6.54 Å². The van der Waals surface area contributed by atoms with Crippen molar-refractivity contribution in [3.05, 3.63) is 23.7 Å². The fourth-order valence-corrected chi connectivity index (χ4v) is 1.44. The van der Waals surface area contributed by atoms with Crippen LogP contribution in [0.1, 0.15) is 25.2 Å². The van der Waals surface area contributed by atoms with Gasteiger partial charge < -0.3 is 14.5 Å². The maximum atomic E-state index is 5.36. The Morgan fingerprint density at radius 2 is 2.33 bits per heavy atom. The van der Waals surface area contributed by atoms with Crippen molar-refractivity contribution in [1.29, 1.82) is 0 Å². The van der Waals surface area contributed by atoms with E-state index in [4.69, 9.17) is 9.15 Å². The van der Waals surface area contributed by atoms with Crippen LogP contribution in [-0.4, -0.2) is 21.7 Å². The van der Waals surface area contributed by atoms with Gasteiger partial charge >= 0.3 is 6.08 Å². The van der Waals surface area contributed by atoms with E-state index in [1.807, 2.05) is 6.92 Å². The van der Waals surface area contributed by atoms with Gasteiger partial charge in [0.1, 0.15) is 6.26 Å². The number of aromatic nitrogens is 3. The molecule has 2 aromatic heterocycles. The largest absolute Gasteiger partial charge is 0.417 e. The van der Waals surface area contributed by atoms with Crippen LogP contribution >= 0.6 is 0 Å². The third-order valence-corrected chi connectivity index (χ3v) is 2.26. The number of hydrogen-bond donors (Lipinski definition) is 2. The van der Waals surface area contributed by atoms with Gasteiger partial charge in [0.2, 0.25) is 5.88 Å². The predicted molar refractivity (Wildman–Crippen MR) is 66.4 cm³/mol. The van der Waals surface area contributed by atoms with E-state index in [0.717, 1.165) is 17.9 Å². The number of ether oxygens (including phenoxy) is 1. The molecule has 0 atom stereocenters. The molecule has 2 N–H and O–H groups in total. The summed E-state index contributed by atoms with van der Waals surface area (Å²) < 4.78 is 10.6. The lowest BCUT2D eigenvalue weighted by Gasteiger charge is -2.04. The Kier molecular flexibility index (Phi) is 3.99. The number of aryl methyl sites for hydroxylation is 1. The number of oxazole rings is 1. The molecule has 0 fully saturated rings. The molecule has 0 radical (unpaired) electrons. The monoisotopic (exact) mass is 250 g/mol. The van der Waals surface area contributed by atoms with Crippen LogP contribution in [0, 0.1) is 12.8 Å². The summed E-state index contributed by atoms with van der Waals surface area (Å²) in [5, 5.41) is 10.0. The quantitative estimate of drug-likeness (QED) is 0.822. The van der Waals surface area contributed by atoms with E-state index in [-0.39, 0.29) is 6.08 Å². The third-order valence-electron chi connectivity index (χ3n) is 2.26. The van der Waals surface area contributed by atoms with Crippen molar-refractivity contribution < 1.29 is 9.15 Å². The van der Waals surface area contributed by atoms with Crippen LogP contribution in [0.2, 0.25) is 0 Å². The Bertz CT molecular complexity index is 490. The van der Waals surface area contributed by atoms with Crippen LogP contribution in [0.5, 0.6) is 12.0 Å². The number of nitrogens with one attached hydrogen (secondary N) is 2. The van der Waals surface area contributed by atoms with Crippen molar-refractivity contribution in [3.8, 4) is 12.0 Å². The fourth-order valence-electron chi connectivity index (χ4n) is 1.44. The first-order chi connectivity index (χ1) is 8.63. The zero-order chi connectivity index (χ0) is 13.0. The highest BCUT2D eigenvalue weighted by Gasteiger charge is 2.08. The van der Waals surface area contributed by atoms with Crippen molar-refractivity contribution in [3.63, 3.8) is 0 Å². The molecule has 0 aromatic carbocycles. The lowest BCUT2D eigenvalue weighted by atomic mass is 10.2. The van der Waals surface area contributed by atoms with Crippen molar-refractivity contribution in [2.24, 2.45) is 5.92 Å². The number of nitrogens with zero attached hydrogens (tertiary/aromatic N) is 2. The third kappa shape index (κ3) is 3.59. The summed E-state index contributed by atoms with van der Waals surface area (Å²) in [5.74, 6) is 1.07. The Labute approximate surface area is 106 Å². The van der Waals surface area contributed by atoms with E-state index in [1.165, 1.54) is 0 Å². The van der Waals surface area contributed by atoms with Crippen LogP contribution < -0.4 is 10.1 Å². The molecule has 0 aliphatic carbocycles. The summed E-state index contributed by atoms with van der Waals surface area (Å²) in [6, 6.07) is 1.78. The van der Waals surface area contributed by atoms with Gasteiger partial charge in [-0.15, -0.1) is 5.10 Å². The Hall–Kier alpha value is -1.82. The lowest BCUT2D eigenvalue weighted by Crippen LogP contribution is -2.19. The molecule has 18 heavy (non-hydrogen) atoms. The normalized spacial score (nSPS) is 11.1. The van der Waals surface area contributed by atoms with Gasteiger partial charge in [-0.3, -0.25) is 5.10 Å². The molecule has 0 spiro atoms. The van der Waals surface area contributed by atoms with E-state index < -0.39 is 0 Å². The minimum absolute atomic E-state index is 0.211. The van der Waals surface area contributed by atoms with Gasteiger partial charge in [-0.2, -0.15) is 4.98 Å². The minimum Gasteiger partial charge on any atom is -0.417 e. The average Bonchev–Trinajstić information content (AvgIpc) is 2.89. The molecule has 0 unspecified atom stereocenters. The second-order valence-corrected chi connectivity index (χ2v) is 4.62. The fraction of sp³-hybridized carbons (Fsp3) is 0.500. The van der Waals surface area contributed by atoms with Crippen LogP contribution in [0.3, 0.4) is 0 Å². The topological polar surface area (TPSA) is 76.0 Å². The molecular weight excluding hydrogens is 232 g/mol. The summed E-state index contributed by atoms with van der Waals surface area (Å²) in [4.78, 5) is 4.21. The molecule has 0 aliphatic rings. The molecule has 0 bridgehead atoms. The Balaban J connectivity index is 1.86. The number of H-pyrrole nitrogens is 1. The molecule has 6 heteroatoms. The molecule has 0 aliphatic heterocycles. The van der Waals surface area contributed by atoms with Crippen LogP contribution in [0.25, 0.3) is 0 Å². The van der Waals surface area contributed by atoms with E-state index in [9.17, 15) is 0 Å². The maximum absolute atomic E-state index is 5.36. The molecule has 2 rings (SSSR count). The first-order valence-electron chi connectivity index (χ1n) is 5.98. The molecule has 0 saturated heterocycles. The minimum atomic E-state index is 0.211. The molecule has 0 saturated carbocycles. The summed E-state index contributed by atoms with van der Waals surface area (Å²) in [6.07, 6.45) is 1.80. The predicted octanol–water partition coefficient (Wildman–Crippen LogP) is 2.24. The average molecular weight is 250 g/mol. The van der Waals surface area contributed by atoms with Gasteiger partial charge in [0.05, 0.1) is 5.69 Å². The number of hydrogen-bond acceptors (Lipinski definition) is 5. The Morgan fingerprint density at radius 1 is 1.50 bits per heavy atom. The highest BCUT2D eigenvalue weighted by Crippen LogP contribution is 2.18. The van der Waals surface area contributed by atoms with Crippen molar-refractivity contribution in [1.82, 2.24) is 20.5 Å². The zero-order valence-corrected chi connectivity index (χ0v) is 10.9. The molecule has 0 amide bonds. The van der Waals surface area contributed by atoms with Gasteiger partial charge in [-0.05, 0) is 19.4 Å². The molecule has 2 aromatic rings. The SMILES string of the molecule is Cc1cc(Oc2nc(CNCC(C)C)co2)n[nH]1. The van der Waals surface area contributed by atoms with Gasteiger partial charge in [-0.1, -0.05) is 13.8 Å². The molecular formula is C12H18N4O2.